The maximum atomic E-state index is 6.64. The summed E-state index contributed by atoms with van der Waals surface area (Å²) in [6.45, 7) is 5.65. The fraction of sp³-hybridized carbons (Fsp3) is 0.333. The van der Waals surface area contributed by atoms with Gasteiger partial charge in [-0.25, -0.2) is 0 Å². The van der Waals surface area contributed by atoms with Crippen LogP contribution in [0.1, 0.15) is 23.6 Å². The topological polar surface area (TPSA) is 9.23 Å². The van der Waals surface area contributed by atoms with Gasteiger partial charge in [-0.2, -0.15) is 0 Å². The molecule has 2 heteroatoms. The number of ether oxygens (including phenoxy) is 1. The van der Waals surface area contributed by atoms with Gasteiger partial charge in [0, 0.05) is 5.66 Å². The van der Waals surface area contributed by atoms with Gasteiger partial charge in [-0.05, 0) is 47.8 Å². The van der Waals surface area contributed by atoms with Crippen LogP contribution in [-0.4, -0.2) is 24.1 Å². The molecule has 0 aromatic heterocycles. The van der Waals surface area contributed by atoms with E-state index in [9.17, 15) is 0 Å². The zero-order valence-electron chi connectivity index (χ0n) is 17.4. The molecule has 3 aromatic rings. The van der Waals surface area contributed by atoms with Crippen molar-refractivity contribution in [3.8, 4) is 0 Å². The molecule has 0 amide bonds. The molecule has 150 valence electrons. The number of rotatable bonds is 7. The van der Waals surface area contributed by atoms with E-state index in [2.05, 4.69) is 105 Å². The molecule has 29 heavy (non-hydrogen) atoms. The summed E-state index contributed by atoms with van der Waals surface area (Å²) in [6.07, 6.45) is 2.61. The van der Waals surface area contributed by atoms with Gasteiger partial charge in [0.2, 0.25) is 0 Å². The van der Waals surface area contributed by atoms with Gasteiger partial charge in [-0.15, -0.1) is 0 Å². The maximum Gasteiger partial charge on any atom is 0.0721 e. The third-order valence-corrected chi connectivity index (χ3v) is 9.63. The fourth-order valence-electron chi connectivity index (χ4n) is 4.75. The third kappa shape index (κ3) is 4.97. The third-order valence-electron chi connectivity index (χ3n) is 6.41. The average molecular weight is 403 g/mol. The molecule has 0 bridgehead atoms. The molecule has 1 heterocycles. The smallest absolute Gasteiger partial charge is 0.0721 e. The van der Waals surface area contributed by atoms with Gasteiger partial charge in [-0.1, -0.05) is 106 Å². The Hall–Kier alpha value is -1.95. The Morgan fingerprint density at radius 3 is 1.62 bits per heavy atom. The Morgan fingerprint density at radius 2 is 1.10 bits per heavy atom. The van der Waals surface area contributed by atoms with E-state index in [0.717, 1.165) is 6.42 Å². The molecule has 1 fully saturated rings. The molecule has 1 aliphatic rings. The predicted molar refractivity (Wildman–Crippen MR) is 125 cm³/mol. The minimum Gasteiger partial charge on any atom is -0.373 e. The van der Waals surface area contributed by atoms with E-state index in [0.29, 0.717) is 29.9 Å². The first-order chi connectivity index (χ1) is 14.2. The van der Waals surface area contributed by atoms with Crippen molar-refractivity contribution in [2.75, 3.05) is 6.66 Å². The van der Waals surface area contributed by atoms with Crippen LogP contribution in [0.4, 0.5) is 0 Å². The largest absolute Gasteiger partial charge is 0.373 e. The number of benzene rings is 3. The normalized spacial score (nSPS) is 26.5. The van der Waals surface area contributed by atoms with Crippen LogP contribution in [0.15, 0.2) is 91.0 Å². The standard InChI is InChI=1S/C27H31OP/c1-21-25(18-22-12-6-3-7-13-22)29(2)26(19-23-14-8-4-9-15-23)27(21)28-20-24-16-10-5-11-17-24/h3-17,21,25-27H,18-20H2,1-2H3. The Morgan fingerprint density at radius 1 is 0.655 bits per heavy atom. The molecule has 0 N–H and O–H groups in total. The van der Waals surface area contributed by atoms with Crippen molar-refractivity contribution < 1.29 is 4.74 Å². The van der Waals surface area contributed by atoms with Crippen LogP contribution < -0.4 is 0 Å². The second kappa shape index (κ2) is 9.70. The van der Waals surface area contributed by atoms with Crippen molar-refractivity contribution in [1.29, 1.82) is 0 Å². The number of hydrogen-bond acceptors (Lipinski definition) is 1. The van der Waals surface area contributed by atoms with Gasteiger partial charge in [0.05, 0.1) is 12.7 Å². The maximum absolute atomic E-state index is 6.64. The molecule has 0 radical (unpaired) electrons. The Kier molecular flexibility index (Phi) is 6.80. The van der Waals surface area contributed by atoms with Crippen molar-refractivity contribution >= 4 is 7.92 Å². The zero-order chi connectivity index (χ0) is 20.1. The van der Waals surface area contributed by atoms with Crippen LogP contribution in [0.3, 0.4) is 0 Å². The first-order valence-electron chi connectivity index (χ1n) is 10.7. The van der Waals surface area contributed by atoms with Gasteiger partial charge >= 0.3 is 0 Å². The average Bonchev–Trinajstić information content (AvgIpc) is 2.98. The van der Waals surface area contributed by atoms with Gasteiger partial charge < -0.3 is 4.74 Å². The van der Waals surface area contributed by atoms with E-state index in [1.165, 1.54) is 23.1 Å². The summed E-state index contributed by atoms with van der Waals surface area (Å²) < 4.78 is 6.64. The van der Waals surface area contributed by atoms with Crippen molar-refractivity contribution in [2.45, 2.75) is 43.8 Å². The van der Waals surface area contributed by atoms with E-state index >= 15 is 0 Å². The quantitative estimate of drug-likeness (QED) is 0.407. The van der Waals surface area contributed by atoms with Gasteiger partial charge in [-0.3, -0.25) is 0 Å². The van der Waals surface area contributed by atoms with Crippen LogP contribution >= 0.6 is 7.92 Å². The van der Waals surface area contributed by atoms with Crippen LogP contribution in [0.25, 0.3) is 0 Å². The van der Waals surface area contributed by atoms with Crippen LogP contribution in [0.2, 0.25) is 0 Å². The second-order valence-corrected chi connectivity index (χ2v) is 11.0. The molecule has 1 nitrogen and oxygen atoms in total. The van der Waals surface area contributed by atoms with E-state index in [1.807, 2.05) is 0 Å². The molecule has 0 saturated carbocycles. The van der Waals surface area contributed by atoms with Gasteiger partial charge in [0.25, 0.3) is 0 Å². The second-order valence-electron chi connectivity index (χ2n) is 8.30. The lowest BCUT2D eigenvalue weighted by Crippen LogP contribution is -2.30. The Balaban J connectivity index is 1.54. The molecule has 0 spiro atoms. The van der Waals surface area contributed by atoms with E-state index in [-0.39, 0.29) is 7.92 Å². The van der Waals surface area contributed by atoms with Gasteiger partial charge in [0.1, 0.15) is 0 Å². The van der Waals surface area contributed by atoms with E-state index in [4.69, 9.17) is 4.74 Å². The lowest BCUT2D eigenvalue weighted by molar-refractivity contribution is 0.0111. The van der Waals surface area contributed by atoms with Crippen molar-refractivity contribution in [3.63, 3.8) is 0 Å². The highest BCUT2D eigenvalue weighted by molar-refractivity contribution is 7.58. The molecule has 1 aliphatic heterocycles. The highest BCUT2D eigenvalue weighted by Crippen LogP contribution is 2.58. The highest BCUT2D eigenvalue weighted by atomic mass is 31.1. The van der Waals surface area contributed by atoms with Crippen molar-refractivity contribution in [1.82, 2.24) is 0 Å². The molecule has 1 saturated heterocycles. The lowest BCUT2D eigenvalue weighted by atomic mass is 9.92. The minimum atomic E-state index is -0.123. The van der Waals surface area contributed by atoms with Crippen LogP contribution in [0.5, 0.6) is 0 Å². The molecule has 3 aromatic carbocycles. The summed E-state index contributed by atoms with van der Waals surface area (Å²) >= 11 is 0. The first kappa shape index (κ1) is 20.3. The summed E-state index contributed by atoms with van der Waals surface area (Å²) in [5.41, 5.74) is 5.49. The zero-order valence-corrected chi connectivity index (χ0v) is 18.3. The lowest BCUT2D eigenvalue weighted by Gasteiger charge is -2.25. The van der Waals surface area contributed by atoms with Crippen molar-refractivity contribution in [2.24, 2.45) is 5.92 Å². The van der Waals surface area contributed by atoms with Crippen LogP contribution in [-0.2, 0) is 24.2 Å². The molecule has 5 atom stereocenters. The summed E-state index contributed by atoms with van der Waals surface area (Å²) in [4.78, 5) is 0. The van der Waals surface area contributed by atoms with Gasteiger partial charge in [0.15, 0.2) is 0 Å². The molecule has 5 unspecified atom stereocenters. The fourth-order valence-corrected chi connectivity index (χ4v) is 7.97. The summed E-state index contributed by atoms with van der Waals surface area (Å²) in [7, 11) is -0.123. The van der Waals surface area contributed by atoms with E-state index in [1.54, 1.807) is 0 Å². The predicted octanol–water partition coefficient (Wildman–Crippen LogP) is 6.56. The monoisotopic (exact) mass is 402 g/mol. The molecule has 0 aliphatic carbocycles. The first-order valence-corrected chi connectivity index (χ1v) is 12.6. The Labute approximate surface area is 176 Å². The van der Waals surface area contributed by atoms with Crippen molar-refractivity contribution in [3.05, 3.63) is 108 Å². The summed E-state index contributed by atoms with van der Waals surface area (Å²) in [5, 5.41) is 0. The summed E-state index contributed by atoms with van der Waals surface area (Å²) in [5.74, 6) is 0.573. The molecular formula is C27H31OP. The molecular weight excluding hydrogens is 371 g/mol. The highest BCUT2D eigenvalue weighted by Gasteiger charge is 2.46. The summed E-state index contributed by atoms with van der Waals surface area (Å²) in [6, 6.07) is 32.6. The van der Waals surface area contributed by atoms with E-state index < -0.39 is 0 Å². The SMILES string of the molecule is CC1C(OCc2ccccc2)C(Cc2ccccc2)P(C)C1Cc1ccccc1. The molecule has 4 rings (SSSR count). The van der Waals surface area contributed by atoms with Crippen LogP contribution in [0, 0.1) is 5.92 Å². The Bertz CT molecular complexity index is 865. The minimum absolute atomic E-state index is 0.123. The number of hydrogen-bond donors (Lipinski definition) is 0.